The highest BCUT2D eigenvalue weighted by Crippen LogP contribution is 2.25. The van der Waals surface area contributed by atoms with E-state index in [2.05, 4.69) is 14.8 Å². The fraction of sp³-hybridized carbons (Fsp3) is 0.107. The third-order valence-corrected chi connectivity index (χ3v) is 8.93. The van der Waals surface area contributed by atoms with Crippen LogP contribution in [0.5, 0.6) is 0 Å². The van der Waals surface area contributed by atoms with Gasteiger partial charge in [0.1, 0.15) is 0 Å². The van der Waals surface area contributed by atoms with Gasteiger partial charge in [0.25, 0.3) is 26.0 Å². The zero-order valence-electron chi connectivity index (χ0n) is 21.3. The van der Waals surface area contributed by atoms with Crippen molar-refractivity contribution in [1.29, 1.82) is 0 Å². The van der Waals surface area contributed by atoms with Crippen LogP contribution in [0.4, 0.5) is 17.1 Å². The summed E-state index contributed by atoms with van der Waals surface area (Å²) in [6, 6.07) is 21.7. The molecule has 0 radical (unpaired) electrons. The Bertz CT molecular complexity index is 1750. The summed E-state index contributed by atoms with van der Waals surface area (Å²) in [7, 11) is -7.66. The van der Waals surface area contributed by atoms with Crippen molar-refractivity contribution in [2.24, 2.45) is 0 Å². The minimum Gasteiger partial charge on any atom is -0.322 e. The second kappa shape index (κ2) is 11.1. The van der Waals surface area contributed by atoms with Crippen molar-refractivity contribution in [3.05, 3.63) is 112 Å². The summed E-state index contributed by atoms with van der Waals surface area (Å²) in [6.07, 6.45) is 0. The van der Waals surface area contributed by atoms with Crippen molar-refractivity contribution in [3.8, 4) is 0 Å². The average Bonchev–Trinajstić information content (AvgIpc) is 2.88. The predicted molar refractivity (Wildman–Crippen MR) is 155 cm³/mol. The van der Waals surface area contributed by atoms with Gasteiger partial charge in [0.2, 0.25) is 0 Å². The summed E-state index contributed by atoms with van der Waals surface area (Å²) in [5.41, 5.74) is 3.64. The molecule has 0 aliphatic carbocycles. The first-order valence-electron chi connectivity index (χ1n) is 11.7. The van der Waals surface area contributed by atoms with Crippen LogP contribution in [0.2, 0.25) is 5.02 Å². The quantitative estimate of drug-likeness (QED) is 0.231. The third kappa shape index (κ3) is 6.78. The molecule has 1 amide bonds. The summed E-state index contributed by atoms with van der Waals surface area (Å²) in [4.78, 5) is 13.0. The molecule has 0 spiro atoms. The molecule has 4 aromatic rings. The molecular formula is C28H26ClN3O5S2. The average molecular weight is 584 g/mol. The molecule has 0 aromatic heterocycles. The van der Waals surface area contributed by atoms with Crippen molar-refractivity contribution in [3.63, 3.8) is 0 Å². The zero-order chi connectivity index (χ0) is 28.4. The second-order valence-corrected chi connectivity index (χ2v) is 12.8. The van der Waals surface area contributed by atoms with Gasteiger partial charge in [-0.15, -0.1) is 0 Å². The molecule has 0 bridgehead atoms. The van der Waals surface area contributed by atoms with E-state index in [9.17, 15) is 21.6 Å². The molecular weight excluding hydrogens is 558 g/mol. The highest BCUT2D eigenvalue weighted by Gasteiger charge is 2.18. The van der Waals surface area contributed by atoms with E-state index in [1.165, 1.54) is 54.6 Å². The smallest absolute Gasteiger partial charge is 0.261 e. The van der Waals surface area contributed by atoms with E-state index in [0.717, 1.165) is 11.1 Å². The maximum atomic E-state index is 12.8. The lowest BCUT2D eigenvalue weighted by atomic mass is 10.1. The van der Waals surface area contributed by atoms with Crippen LogP contribution in [0.15, 0.2) is 94.7 Å². The maximum absolute atomic E-state index is 12.8. The van der Waals surface area contributed by atoms with Crippen molar-refractivity contribution >= 4 is 54.6 Å². The third-order valence-electron chi connectivity index (χ3n) is 5.93. The Kier molecular flexibility index (Phi) is 8.01. The first kappa shape index (κ1) is 28.2. The van der Waals surface area contributed by atoms with Gasteiger partial charge in [-0.05, 0) is 98.6 Å². The number of carbonyl (C=O) groups excluding carboxylic acids is 1. The minimum atomic E-state index is -3.88. The van der Waals surface area contributed by atoms with Crippen LogP contribution in [-0.4, -0.2) is 22.7 Å². The Labute approximate surface area is 233 Å². The summed E-state index contributed by atoms with van der Waals surface area (Å²) >= 11 is 5.98. The number of aryl methyl sites for hydroxylation is 3. The number of halogens is 1. The number of sulfonamides is 2. The molecule has 202 valence electrons. The molecule has 8 nitrogen and oxygen atoms in total. The number of hydrogen-bond acceptors (Lipinski definition) is 5. The number of carbonyl (C=O) groups is 1. The van der Waals surface area contributed by atoms with Gasteiger partial charge < -0.3 is 5.32 Å². The van der Waals surface area contributed by atoms with Gasteiger partial charge >= 0.3 is 0 Å². The number of nitrogens with one attached hydrogen (secondary N) is 3. The van der Waals surface area contributed by atoms with E-state index in [4.69, 9.17) is 11.6 Å². The number of benzene rings is 4. The molecule has 0 unspecified atom stereocenters. The van der Waals surface area contributed by atoms with Gasteiger partial charge in [0.05, 0.1) is 21.2 Å². The largest absolute Gasteiger partial charge is 0.322 e. The molecule has 4 rings (SSSR count). The summed E-state index contributed by atoms with van der Waals surface area (Å²) < 4.78 is 56.1. The second-order valence-electron chi connectivity index (χ2n) is 8.99. The lowest BCUT2D eigenvalue weighted by molar-refractivity contribution is 0.102. The Morgan fingerprint density at radius 1 is 0.641 bits per heavy atom. The number of anilines is 3. The minimum absolute atomic E-state index is 0.0148. The van der Waals surface area contributed by atoms with E-state index in [0.29, 0.717) is 33.2 Å². The summed E-state index contributed by atoms with van der Waals surface area (Å²) in [5, 5.41) is 3.12. The molecule has 0 saturated heterocycles. The highest BCUT2D eigenvalue weighted by atomic mass is 35.5. The van der Waals surface area contributed by atoms with Gasteiger partial charge in [-0.2, -0.15) is 0 Å². The first-order chi connectivity index (χ1) is 18.3. The van der Waals surface area contributed by atoms with Crippen LogP contribution in [0.3, 0.4) is 0 Å². The van der Waals surface area contributed by atoms with Gasteiger partial charge in [-0.3, -0.25) is 14.2 Å². The van der Waals surface area contributed by atoms with Crippen molar-refractivity contribution in [2.45, 2.75) is 30.6 Å². The molecule has 39 heavy (non-hydrogen) atoms. The highest BCUT2D eigenvalue weighted by molar-refractivity contribution is 7.93. The Morgan fingerprint density at radius 2 is 1.21 bits per heavy atom. The normalized spacial score (nSPS) is 11.6. The van der Waals surface area contributed by atoms with E-state index in [1.54, 1.807) is 44.2 Å². The molecule has 0 atom stereocenters. The summed E-state index contributed by atoms with van der Waals surface area (Å²) in [6.45, 7) is 5.33. The SMILES string of the molecule is Cc1ccc(S(=O)(=O)Nc2ccc(C(=O)Nc3ccc(S(=O)(=O)Nc4cc(Cl)ccc4C)cc3)cc2C)cc1. The molecule has 0 heterocycles. The topological polar surface area (TPSA) is 121 Å². The van der Waals surface area contributed by atoms with E-state index < -0.39 is 26.0 Å². The Morgan fingerprint density at radius 3 is 1.79 bits per heavy atom. The number of rotatable bonds is 8. The lowest BCUT2D eigenvalue weighted by Gasteiger charge is -2.13. The molecule has 0 aliphatic heterocycles. The maximum Gasteiger partial charge on any atom is 0.261 e. The van der Waals surface area contributed by atoms with Gasteiger partial charge in [-0.25, -0.2) is 16.8 Å². The van der Waals surface area contributed by atoms with E-state index >= 15 is 0 Å². The van der Waals surface area contributed by atoms with E-state index in [1.807, 2.05) is 6.92 Å². The van der Waals surface area contributed by atoms with Crippen molar-refractivity contribution in [1.82, 2.24) is 0 Å². The standard InChI is InChI=1S/C28H26ClN3O5S2/c1-18-4-11-24(12-5-18)38(34,35)31-26-15-7-21(16-20(26)3)28(33)30-23-9-13-25(14-10-23)39(36,37)32-27-17-22(29)8-6-19(27)2/h4-17,31-32H,1-3H3,(H,30,33). The molecule has 4 aromatic carbocycles. The molecule has 11 heteroatoms. The van der Waals surface area contributed by atoms with Gasteiger partial charge in [0.15, 0.2) is 0 Å². The summed E-state index contributed by atoms with van der Waals surface area (Å²) in [5.74, 6) is -0.436. The molecule has 0 fully saturated rings. The van der Waals surface area contributed by atoms with Crippen LogP contribution in [0.1, 0.15) is 27.0 Å². The van der Waals surface area contributed by atoms with Crippen LogP contribution < -0.4 is 14.8 Å². The fourth-order valence-electron chi connectivity index (χ4n) is 3.67. The van der Waals surface area contributed by atoms with Gasteiger partial charge in [0, 0.05) is 16.3 Å². The lowest BCUT2D eigenvalue weighted by Crippen LogP contribution is -2.16. The van der Waals surface area contributed by atoms with Crippen LogP contribution >= 0.6 is 11.6 Å². The monoisotopic (exact) mass is 583 g/mol. The first-order valence-corrected chi connectivity index (χ1v) is 15.1. The van der Waals surface area contributed by atoms with Crippen LogP contribution in [0, 0.1) is 20.8 Å². The van der Waals surface area contributed by atoms with Crippen molar-refractivity contribution in [2.75, 3.05) is 14.8 Å². The van der Waals surface area contributed by atoms with Crippen LogP contribution in [-0.2, 0) is 20.0 Å². The molecule has 0 aliphatic rings. The van der Waals surface area contributed by atoms with Crippen molar-refractivity contribution < 1.29 is 21.6 Å². The molecule has 0 saturated carbocycles. The van der Waals surface area contributed by atoms with Gasteiger partial charge in [-0.1, -0.05) is 35.4 Å². The predicted octanol–water partition coefficient (Wildman–Crippen LogP) is 6.12. The Hall–Kier alpha value is -3.86. The fourth-order valence-corrected chi connectivity index (χ4v) is 6.09. The zero-order valence-corrected chi connectivity index (χ0v) is 23.7. The van der Waals surface area contributed by atoms with E-state index in [-0.39, 0.29) is 9.79 Å². The van der Waals surface area contributed by atoms with Crippen LogP contribution in [0.25, 0.3) is 0 Å². The number of hydrogen-bond donors (Lipinski definition) is 3. The number of amides is 1. The molecule has 3 N–H and O–H groups in total. The Balaban J connectivity index is 1.44.